The lowest BCUT2D eigenvalue weighted by Crippen LogP contribution is -2.22. The molecule has 0 atom stereocenters. The second-order valence-electron chi connectivity index (χ2n) is 5.78. The van der Waals surface area contributed by atoms with Crippen molar-refractivity contribution in [2.75, 3.05) is 6.54 Å². The van der Waals surface area contributed by atoms with Crippen LogP contribution in [0.1, 0.15) is 16.9 Å². The molecular weight excluding hydrogens is 317 g/mol. The Bertz CT molecular complexity index is 961. The standard InChI is InChI=1S/C18H13F3N2O/c19-11-4-2-10(3-5-11)12-8-14(20)16(21)13-9-15-18(24)22-6-1-7-23(15)17(12)13/h2-5,8-9H,1,6-7H2,(H,22,24). The van der Waals surface area contributed by atoms with Gasteiger partial charge in [0.25, 0.3) is 5.91 Å². The number of aromatic nitrogens is 1. The lowest BCUT2D eigenvalue weighted by atomic mass is 10.0. The highest BCUT2D eigenvalue weighted by Crippen LogP contribution is 2.35. The number of fused-ring (bicyclic) bond motifs is 3. The zero-order valence-corrected chi connectivity index (χ0v) is 12.6. The van der Waals surface area contributed by atoms with Gasteiger partial charge in [0.05, 0.1) is 5.52 Å². The Morgan fingerprint density at radius 2 is 1.79 bits per heavy atom. The van der Waals surface area contributed by atoms with Crippen molar-refractivity contribution < 1.29 is 18.0 Å². The molecule has 1 aliphatic rings. The van der Waals surface area contributed by atoms with Crippen LogP contribution in [0.25, 0.3) is 22.0 Å². The van der Waals surface area contributed by atoms with Gasteiger partial charge in [0.2, 0.25) is 0 Å². The molecule has 2 aromatic carbocycles. The van der Waals surface area contributed by atoms with Gasteiger partial charge in [0, 0.05) is 24.0 Å². The van der Waals surface area contributed by atoms with E-state index in [9.17, 15) is 18.0 Å². The van der Waals surface area contributed by atoms with Crippen molar-refractivity contribution in [3.05, 3.63) is 59.5 Å². The summed E-state index contributed by atoms with van der Waals surface area (Å²) in [6.45, 7) is 1.04. The van der Waals surface area contributed by atoms with Crippen molar-refractivity contribution in [2.45, 2.75) is 13.0 Å². The average Bonchev–Trinajstić information content (AvgIpc) is 2.86. The van der Waals surface area contributed by atoms with Gasteiger partial charge in [-0.2, -0.15) is 0 Å². The van der Waals surface area contributed by atoms with Crippen LogP contribution in [0.5, 0.6) is 0 Å². The number of amides is 1. The van der Waals surface area contributed by atoms with Gasteiger partial charge in [-0.25, -0.2) is 13.2 Å². The second-order valence-corrected chi connectivity index (χ2v) is 5.78. The van der Waals surface area contributed by atoms with Crippen molar-refractivity contribution >= 4 is 16.8 Å². The maximum atomic E-state index is 14.3. The van der Waals surface area contributed by atoms with Crippen molar-refractivity contribution in [3.63, 3.8) is 0 Å². The highest BCUT2D eigenvalue weighted by Gasteiger charge is 2.24. The predicted molar refractivity (Wildman–Crippen MR) is 84.2 cm³/mol. The number of rotatable bonds is 1. The fraction of sp³-hybridized carbons (Fsp3) is 0.167. The van der Waals surface area contributed by atoms with Crippen LogP contribution >= 0.6 is 0 Å². The largest absolute Gasteiger partial charge is 0.351 e. The number of nitrogens with zero attached hydrogens (tertiary/aromatic N) is 1. The zero-order chi connectivity index (χ0) is 16.8. The third kappa shape index (κ3) is 2.18. The van der Waals surface area contributed by atoms with E-state index < -0.39 is 17.5 Å². The summed E-state index contributed by atoms with van der Waals surface area (Å²) in [7, 11) is 0. The first-order chi connectivity index (χ1) is 11.6. The van der Waals surface area contributed by atoms with E-state index in [1.807, 2.05) is 0 Å². The van der Waals surface area contributed by atoms with E-state index >= 15 is 0 Å². The van der Waals surface area contributed by atoms with Crippen LogP contribution in [0.4, 0.5) is 13.2 Å². The highest BCUT2D eigenvalue weighted by atomic mass is 19.2. The van der Waals surface area contributed by atoms with Gasteiger partial charge in [-0.1, -0.05) is 12.1 Å². The van der Waals surface area contributed by atoms with Crippen LogP contribution in [-0.2, 0) is 6.54 Å². The Labute approximate surface area is 135 Å². The smallest absolute Gasteiger partial charge is 0.267 e. The number of nitrogens with one attached hydrogen (secondary N) is 1. The minimum Gasteiger partial charge on any atom is -0.351 e. The summed E-state index contributed by atoms with van der Waals surface area (Å²) < 4.78 is 43.2. The van der Waals surface area contributed by atoms with Crippen LogP contribution in [0, 0.1) is 17.5 Å². The van der Waals surface area contributed by atoms with Crippen LogP contribution in [0.3, 0.4) is 0 Å². The quantitative estimate of drug-likeness (QED) is 0.722. The molecule has 3 aromatic rings. The molecule has 2 heterocycles. The summed E-state index contributed by atoms with van der Waals surface area (Å²) in [4.78, 5) is 12.2. The molecule has 0 aliphatic carbocycles. The molecule has 122 valence electrons. The molecular formula is C18H13F3N2O. The monoisotopic (exact) mass is 330 g/mol. The Morgan fingerprint density at radius 3 is 2.54 bits per heavy atom. The molecule has 1 aliphatic heterocycles. The Balaban J connectivity index is 2.08. The summed E-state index contributed by atoms with van der Waals surface area (Å²) in [5, 5.41) is 2.79. The summed E-state index contributed by atoms with van der Waals surface area (Å²) >= 11 is 0. The molecule has 24 heavy (non-hydrogen) atoms. The maximum Gasteiger partial charge on any atom is 0.267 e. The minimum absolute atomic E-state index is 0.0568. The van der Waals surface area contributed by atoms with Crippen molar-refractivity contribution in [1.29, 1.82) is 0 Å². The predicted octanol–water partition coefficient (Wildman–Crippen LogP) is 3.86. The molecule has 1 N–H and O–H groups in total. The number of benzene rings is 2. The van der Waals surface area contributed by atoms with E-state index in [0.29, 0.717) is 41.8 Å². The van der Waals surface area contributed by atoms with Gasteiger partial charge >= 0.3 is 0 Å². The van der Waals surface area contributed by atoms with Gasteiger partial charge in [-0.05, 0) is 36.2 Å². The second kappa shape index (κ2) is 5.40. The molecule has 1 aromatic heterocycles. The molecule has 0 spiro atoms. The van der Waals surface area contributed by atoms with Crippen molar-refractivity contribution in [2.24, 2.45) is 0 Å². The molecule has 0 saturated carbocycles. The summed E-state index contributed by atoms with van der Waals surface area (Å²) in [6, 6.07) is 8.03. The van der Waals surface area contributed by atoms with Gasteiger partial charge < -0.3 is 9.88 Å². The average molecular weight is 330 g/mol. The number of aryl methyl sites for hydroxylation is 1. The minimum atomic E-state index is -0.997. The van der Waals surface area contributed by atoms with E-state index in [4.69, 9.17) is 0 Å². The van der Waals surface area contributed by atoms with E-state index in [0.717, 1.165) is 6.07 Å². The number of halogens is 3. The fourth-order valence-electron chi connectivity index (χ4n) is 3.19. The first-order valence-electron chi connectivity index (χ1n) is 7.61. The van der Waals surface area contributed by atoms with Crippen LogP contribution < -0.4 is 5.32 Å². The van der Waals surface area contributed by atoms with Gasteiger partial charge in [-0.15, -0.1) is 0 Å². The molecule has 6 heteroatoms. The number of hydrogen-bond acceptors (Lipinski definition) is 1. The fourth-order valence-corrected chi connectivity index (χ4v) is 3.19. The molecule has 0 bridgehead atoms. The van der Waals surface area contributed by atoms with E-state index in [-0.39, 0.29) is 11.3 Å². The molecule has 3 nitrogen and oxygen atoms in total. The van der Waals surface area contributed by atoms with E-state index in [1.165, 1.54) is 30.3 Å². The lowest BCUT2D eigenvalue weighted by molar-refractivity contribution is 0.0951. The first kappa shape index (κ1) is 14.8. The van der Waals surface area contributed by atoms with Crippen LogP contribution in [-0.4, -0.2) is 17.0 Å². The maximum absolute atomic E-state index is 14.3. The van der Waals surface area contributed by atoms with Crippen LogP contribution in [0.2, 0.25) is 0 Å². The molecule has 4 rings (SSSR count). The normalized spacial score (nSPS) is 14.4. The highest BCUT2D eigenvalue weighted by molar-refractivity contribution is 6.03. The Hall–Kier alpha value is -2.76. The Kier molecular flexibility index (Phi) is 3.33. The number of carbonyl (C=O) groups excluding carboxylic acids is 1. The lowest BCUT2D eigenvalue weighted by Gasteiger charge is -2.11. The van der Waals surface area contributed by atoms with Gasteiger partial charge in [0.15, 0.2) is 11.6 Å². The van der Waals surface area contributed by atoms with E-state index in [2.05, 4.69) is 5.32 Å². The number of hydrogen-bond donors (Lipinski definition) is 1. The zero-order valence-electron chi connectivity index (χ0n) is 12.6. The molecule has 0 saturated heterocycles. The molecule has 0 unspecified atom stereocenters. The third-order valence-corrected chi connectivity index (χ3v) is 4.30. The molecule has 0 fully saturated rings. The van der Waals surface area contributed by atoms with Crippen molar-refractivity contribution in [3.8, 4) is 11.1 Å². The molecule has 0 radical (unpaired) electrons. The van der Waals surface area contributed by atoms with Gasteiger partial charge in [0.1, 0.15) is 11.5 Å². The topological polar surface area (TPSA) is 34.0 Å². The molecule has 1 amide bonds. The summed E-state index contributed by atoms with van der Waals surface area (Å²) in [5.41, 5.74) is 1.75. The van der Waals surface area contributed by atoms with Crippen molar-refractivity contribution in [1.82, 2.24) is 9.88 Å². The SMILES string of the molecule is O=C1NCCCn2c1cc1c(F)c(F)cc(-c3ccc(F)cc3)c12. The Morgan fingerprint density at radius 1 is 1.04 bits per heavy atom. The van der Waals surface area contributed by atoms with Crippen LogP contribution in [0.15, 0.2) is 36.4 Å². The summed E-state index contributed by atoms with van der Waals surface area (Å²) in [5.74, 6) is -2.70. The summed E-state index contributed by atoms with van der Waals surface area (Å²) in [6.07, 6.45) is 0.685. The van der Waals surface area contributed by atoms with Gasteiger partial charge in [-0.3, -0.25) is 4.79 Å². The number of carbonyl (C=O) groups is 1. The third-order valence-electron chi connectivity index (χ3n) is 4.30. The first-order valence-corrected chi connectivity index (χ1v) is 7.61. The van der Waals surface area contributed by atoms with E-state index in [1.54, 1.807) is 4.57 Å².